The monoisotopic (exact) mass is 298 g/mol. The van der Waals surface area contributed by atoms with Crippen LogP contribution in [0.4, 0.5) is 8.78 Å². The number of halogens is 3. The topological polar surface area (TPSA) is 29.5 Å². The van der Waals surface area contributed by atoms with Crippen LogP contribution in [0.5, 0.6) is 5.75 Å². The number of ether oxygens (including phenoxy) is 1. The van der Waals surface area contributed by atoms with E-state index in [9.17, 15) is 13.9 Å². The van der Waals surface area contributed by atoms with Crippen LogP contribution >= 0.6 is 11.6 Å². The molecule has 0 spiro atoms. The van der Waals surface area contributed by atoms with Crippen LogP contribution in [0.3, 0.4) is 0 Å². The van der Waals surface area contributed by atoms with Gasteiger partial charge in [-0.2, -0.15) is 0 Å². The van der Waals surface area contributed by atoms with Crippen molar-refractivity contribution in [3.05, 3.63) is 64.2 Å². The molecule has 0 amide bonds. The molecule has 0 fully saturated rings. The van der Waals surface area contributed by atoms with E-state index in [1.54, 1.807) is 13.0 Å². The standard InChI is InChI=1S/C15H13ClF2O2/c1-9(19)10-3-5-15(14(18)6-10)20-8-11-2-4-12(17)7-13(11)16/h2-7,9,19H,8H2,1H3/t9-/m0/s1. The number of hydrogen-bond acceptors (Lipinski definition) is 2. The van der Waals surface area contributed by atoms with Crippen molar-refractivity contribution < 1.29 is 18.6 Å². The first-order valence-corrected chi connectivity index (χ1v) is 6.39. The van der Waals surface area contributed by atoms with Crippen LogP contribution in [0, 0.1) is 11.6 Å². The first-order chi connectivity index (χ1) is 9.47. The maximum Gasteiger partial charge on any atom is 0.165 e. The van der Waals surface area contributed by atoms with Crippen LogP contribution in [-0.2, 0) is 6.61 Å². The Labute approximate surface area is 120 Å². The van der Waals surface area contributed by atoms with Gasteiger partial charge in [-0.05, 0) is 36.8 Å². The third kappa shape index (κ3) is 3.46. The van der Waals surface area contributed by atoms with Crippen LogP contribution < -0.4 is 4.74 Å². The van der Waals surface area contributed by atoms with Gasteiger partial charge < -0.3 is 9.84 Å². The molecule has 2 rings (SSSR count). The second-order valence-corrected chi connectivity index (χ2v) is 4.80. The summed E-state index contributed by atoms with van der Waals surface area (Å²) < 4.78 is 31.9. The van der Waals surface area contributed by atoms with E-state index in [1.165, 1.54) is 30.3 Å². The van der Waals surface area contributed by atoms with Gasteiger partial charge in [0.25, 0.3) is 0 Å². The second kappa shape index (κ2) is 6.20. The van der Waals surface area contributed by atoms with Gasteiger partial charge in [0.2, 0.25) is 0 Å². The first-order valence-electron chi connectivity index (χ1n) is 6.01. The van der Waals surface area contributed by atoms with Crippen LogP contribution in [0.25, 0.3) is 0 Å². The third-order valence-corrected chi connectivity index (χ3v) is 3.19. The number of rotatable bonds is 4. The molecule has 0 radical (unpaired) electrons. The van der Waals surface area contributed by atoms with Gasteiger partial charge in [0, 0.05) is 5.56 Å². The molecule has 0 bridgehead atoms. The Morgan fingerprint density at radius 3 is 2.55 bits per heavy atom. The molecular formula is C15H13ClF2O2. The Balaban J connectivity index is 2.11. The van der Waals surface area contributed by atoms with E-state index in [0.717, 1.165) is 0 Å². The molecule has 106 valence electrons. The van der Waals surface area contributed by atoms with Crippen molar-refractivity contribution in [2.24, 2.45) is 0 Å². The average molecular weight is 299 g/mol. The molecule has 1 N–H and O–H groups in total. The molecule has 5 heteroatoms. The van der Waals surface area contributed by atoms with Gasteiger partial charge in [-0.1, -0.05) is 23.7 Å². The summed E-state index contributed by atoms with van der Waals surface area (Å²) in [5.41, 5.74) is 1.03. The lowest BCUT2D eigenvalue weighted by atomic mass is 10.1. The lowest BCUT2D eigenvalue weighted by Gasteiger charge is -2.11. The van der Waals surface area contributed by atoms with Gasteiger partial charge >= 0.3 is 0 Å². The molecular weight excluding hydrogens is 286 g/mol. The Hall–Kier alpha value is -1.65. The zero-order chi connectivity index (χ0) is 14.7. The first kappa shape index (κ1) is 14.8. The summed E-state index contributed by atoms with van der Waals surface area (Å²) in [5.74, 6) is -0.956. The highest BCUT2D eigenvalue weighted by molar-refractivity contribution is 6.31. The fourth-order valence-corrected chi connectivity index (χ4v) is 1.91. The number of aliphatic hydroxyl groups is 1. The molecule has 0 unspecified atom stereocenters. The largest absolute Gasteiger partial charge is 0.486 e. The lowest BCUT2D eigenvalue weighted by Crippen LogP contribution is -2.00. The molecule has 0 aromatic heterocycles. The smallest absolute Gasteiger partial charge is 0.165 e. The number of benzene rings is 2. The van der Waals surface area contributed by atoms with E-state index >= 15 is 0 Å². The second-order valence-electron chi connectivity index (χ2n) is 4.39. The molecule has 1 atom stereocenters. The van der Waals surface area contributed by atoms with Crippen molar-refractivity contribution in [1.29, 1.82) is 0 Å². The quantitative estimate of drug-likeness (QED) is 0.914. The minimum absolute atomic E-state index is 0.0318. The fourth-order valence-electron chi connectivity index (χ4n) is 1.69. The summed E-state index contributed by atoms with van der Waals surface area (Å²) in [5, 5.41) is 9.58. The van der Waals surface area contributed by atoms with Crippen molar-refractivity contribution in [3.8, 4) is 5.75 Å². The lowest BCUT2D eigenvalue weighted by molar-refractivity contribution is 0.198. The minimum Gasteiger partial charge on any atom is -0.486 e. The Morgan fingerprint density at radius 2 is 1.95 bits per heavy atom. The minimum atomic E-state index is -0.745. The van der Waals surface area contributed by atoms with Crippen molar-refractivity contribution >= 4 is 11.6 Å². The molecule has 2 aromatic rings. The molecule has 2 nitrogen and oxygen atoms in total. The summed E-state index contributed by atoms with van der Waals surface area (Å²) in [7, 11) is 0. The highest BCUT2D eigenvalue weighted by Crippen LogP contribution is 2.24. The summed E-state index contributed by atoms with van der Waals surface area (Å²) in [6.45, 7) is 1.58. The predicted octanol–water partition coefficient (Wildman–Crippen LogP) is 4.25. The summed E-state index contributed by atoms with van der Waals surface area (Å²) in [6, 6.07) is 8.15. The van der Waals surface area contributed by atoms with E-state index in [0.29, 0.717) is 11.1 Å². The molecule has 0 saturated carbocycles. The van der Waals surface area contributed by atoms with Crippen LogP contribution in [0.15, 0.2) is 36.4 Å². The Kier molecular flexibility index (Phi) is 4.57. The van der Waals surface area contributed by atoms with Gasteiger partial charge in [-0.15, -0.1) is 0 Å². The average Bonchev–Trinajstić information content (AvgIpc) is 2.38. The van der Waals surface area contributed by atoms with Gasteiger partial charge in [0.1, 0.15) is 12.4 Å². The van der Waals surface area contributed by atoms with Crippen LogP contribution in [0.2, 0.25) is 5.02 Å². The molecule has 0 saturated heterocycles. The molecule has 0 heterocycles. The summed E-state index contributed by atoms with van der Waals surface area (Å²) >= 11 is 5.86. The maximum atomic E-state index is 13.7. The third-order valence-electron chi connectivity index (χ3n) is 2.84. The van der Waals surface area contributed by atoms with Gasteiger partial charge in [-0.25, -0.2) is 8.78 Å². The van der Waals surface area contributed by atoms with Crippen molar-refractivity contribution in [3.63, 3.8) is 0 Å². The maximum absolute atomic E-state index is 13.7. The summed E-state index contributed by atoms with van der Waals surface area (Å²) in [4.78, 5) is 0. The molecule has 0 aliphatic carbocycles. The summed E-state index contributed by atoms with van der Waals surface area (Å²) in [6.07, 6.45) is -0.745. The van der Waals surface area contributed by atoms with E-state index in [1.807, 2.05) is 0 Å². The van der Waals surface area contributed by atoms with E-state index in [4.69, 9.17) is 16.3 Å². The zero-order valence-electron chi connectivity index (χ0n) is 10.7. The van der Waals surface area contributed by atoms with Crippen molar-refractivity contribution in [1.82, 2.24) is 0 Å². The molecule has 2 aromatic carbocycles. The SMILES string of the molecule is C[C@H](O)c1ccc(OCc2ccc(F)cc2Cl)c(F)c1. The van der Waals surface area contributed by atoms with Crippen molar-refractivity contribution in [2.45, 2.75) is 19.6 Å². The fraction of sp³-hybridized carbons (Fsp3) is 0.200. The van der Waals surface area contributed by atoms with Crippen molar-refractivity contribution in [2.75, 3.05) is 0 Å². The zero-order valence-corrected chi connectivity index (χ0v) is 11.5. The van der Waals surface area contributed by atoms with Crippen LogP contribution in [-0.4, -0.2) is 5.11 Å². The predicted molar refractivity (Wildman–Crippen MR) is 72.8 cm³/mol. The molecule has 0 aliphatic rings. The number of aliphatic hydroxyl groups excluding tert-OH is 1. The highest BCUT2D eigenvalue weighted by Gasteiger charge is 2.09. The highest BCUT2D eigenvalue weighted by atomic mass is 35.5. The van der Waals surface area contributed by atoms with Gasteiger partial charge in [-0.3, -0.25) is 0 Å². The molecule has 20 heavy (non-hydrogen) atoms. The number of hydrogen-bond donors (Lipinski definition) is 1. The molecule has 0 aliphatic heterocycles. The van der Waals surface area contributed by atoms with Gasteiger partial charge in [0.05, 0.1) is 11.1 Å². The normalized spacial score (nSPS) is 12.2. The van der Waals surface area contributed by atoms with E-state index in [2.05, 4.69) is 0 Å². The van der Waals surface area contributed by atoms with E-state index < -0.39 is 17.7 Å². The van der Waals surface area contributed by atoms with E-state index in [-0.39, 0.29) is 17.4 Å². The Morgan fingerprint density at radius 1 is 1.20 bits per heavy atom. The van der Waals surface area contributed by atoms with Gasteiger partial charge in [0.15, 0.2) is 11.6 Å². The van der Waals surface area contributed by atoms with Crippen LogP contribution in [0.1, 0.15) is 24.2 Å². The Bertz CT molecular complexity index is 615.